The highest BCUT2D eigenvalue weighted by Gasteiger charge is 2.18. The molecule has 0 radical (unpaired) electrons. The lowest BCUT2D eigenvalue weighted by Gasteiger charge is -2.10. The van der Waals surface area contributed by atoms with Crippen molar-refractivity contribution in [3.05, 3.63) is 65.2 Å². The van der Waals surface area contributed by atoms with Gasteiger partial charge in [-0.25, -0.2) is 28.8 Å². The Labute approximate surface area is 317 Å². The van der Waals surface area contributed by atoms with Crippen molar-refractivity contribution in [1.82, 2.24) is 40.4 Å². The van der Waals surface area contributed by atoms with Crippen LogP contribution in [0.4, 0.5) is 19.2 Å². The molecule has 0 unspecified atom stereocenters. The molecular formula is C32H46N8O16. The zero-order chi connectivity index (χ0) is 41.3. The number of aromatic amines is 2. The largest absolute Gasteiger partial charge is 0.450 e. The van der Waals surface area contributed by atoms with Gasteiger partial charge in [-0.15, -0.1) is 0 Å². The number of rotatable bonds is 23. The molecule has 2 rings (SSSR count). The zero-order valence-electron chi connectivity index (χ0n) is 30.9. The molecule has 0 aromatic carbocycles. The number of carbonyl (C=O) groups is 6. The van der Waals surface area contributed by atoms with Crippen LogP contribution < -0.4 is 43.8 Å². The molecule has 0 spiro atoms. The van der Waals surface area contributed by atoms with Gasteiger partial charge in [0.05, 0.1) is 52.7 Å². The number of hydrogen-bond acceptors (Lipinski definition) is 16. The number of aromatic nitrogens is 4. The van der Waals surface area contributed by atoms with Gasteiger partial charge in [-0.1, -0.05) is 12.8 Å². The molecule has 0 saturated carbocycles. The number of H-pyrrole nitrogens is 2. The minimum Gasteiger partial charge on any atom is -0.450 e. The minimum absolute atomic E-state index is 0.00971. The molecule has 2 aromatic heterocycles. The highest BCUT2D eigenvalue weighted by molar-refractivity contribution is 6.03. The first kappa shape index (κ1) is 45.9. The van der Waals surface area contributed by atoms with Crippen molar-refractivity contribution in [2.75, 3.05) is 65.9 Å². The van der Waals surface area contributed by atoms with E-state index in [1.165, 1.54) is 13.8 Å². The fraction of sp³-hybridized carbons (Fsp3) is 0.562. The van der Waals surface area contributed by atoms with E-state index in [0.717, 1.165) is 34.4 Å². The van der Waals surface area contributed by atoms with Gasteiger partial charge in [-0.2, -0.15) is 0 Å². The second kappa shape index (κ2) is 25.7. The molecule has 56 heavy (non-hydrogen) atoms. The summed E-state index contributed by atoms with van der Waals surface area (Å²) in [4.78, 5) is 123. The van der Waals surface area contributed by atoms with Crippen LogP contribution in [0.1, 0.15) is 60.2 Å². The van der Waals surface area contributed by atoms with Gasteiger partial charge in [-0.05, 0) is 26.7 Å². The number of ether oxygens (including phenoxy) is 6. The third-order valence-corrected chi connectivity index (χ3v) is 7.01. The van der Waals surface area contributed by atoms with Crippen molar-refractivity contribution in [3.8, 4) is 0 Å². The molecule has 24 nitrogen and oxygen atoms in total. The summed E-state index contributed by atoms with van der Waals surface area (Å²) < 4.78 is 31.9. The van der Waals surface area contributed by atoms with E-state index in [-0.39, 0.29) is 65.9 Å². The standard InChI is InChI=1S/C32H46N8O16/c1-3-53-31(49)37-25(43)21-19-39(27(45)35-23(21)41)11-13-51-15-17-55-29(47)33-9-7-5-6-8-10-34-30(48)56-18-16-52-14-12-40-20-22(24(42)36-28(40)46)26(44)38-32(50)54-4-2/h19-20H,3-18H2,1-2H3,(H,33,47)(H,34,48)(H,35,41,45)(H,36,42,46)(H,37,43,49)(H,38,44,50). The first-order chi connectivity index (χ1) is 26.9. The van der Waals surface area contributed by atoms with Crippen LogP contribution in [0, 0.1) is 0 Å². The Hall–Kier alpha value is -6.30. The molecule has 0 bridgehead atoms. The third-order valence-electron chi connectivity index (χ3n) is 7.01. The van der Waals surface area contributed by atoms with Crippen molar-refractivity contribution >= 4 is 36.2 Å². The number of unbranched alkanes of at least 4 members (excludes halogenated alkanes) is 3. The number of imide groups is 2. The molecule has 0 aliphatic carbocycles. The fourth-order valence-corrected chi connectivity index (χ4v) is 4.33. The first-order valence-corrected chi connectivity index (χ1v) is 17.5. The van der Waals surface area contributed by atoms with Crippen LogP contribution in [0.3, 0.4) is 0 Å². The van der Waals surface area contributed by atoms with Crippen molar-refractivity contribution < 1.29 is 57.2 Å². The number of nitrogens with zero attached hydrogens (tertiary/aromatic N) is 2. The van der Waals surface area contributed by atoms with Crippen molar-refractivity contribution in [1.29, 1.82) is 0 Å². The van der Waals surface area contributed by atoms with Crippen LogP contribution in [0.5, 0.6) is 0 Å². The molecule has 310 valence electrons. The lowest BCUT2D eigenvalue weighted by Crippen LogP contribution is -2.39. The maximum Gasteiger partial charge on any atom is 0.414 e. The molecule has 0 atom stereocenters. The highest BCUT2D eigenvalue weighted by Crippen LogP contribution is 1.99. The van der Waals surface area contributed by atoms with E-state index in [1.54, 1.807) is 0 Å². The van der Waals surface area contributed by atoms with Gasteiger partial charge in [0.2, 0.25) is 0 Å². The average molecular weight is 799 g/mol. The van der Waals surface area contributed by atoms with Gasteiger partial charge in [0.25, 0.3) is 22.9 Å². The van der Waals surface area contributed by atoms with Crippen LogP contribution in [0.15, 0.2) is 31.6 Å². The smallest absolute Gasteiger partial charge is 0.414 e. The molecule has 6 amide bonds. The van der Waals surface area contributed by atoms with E-state index < -0.39 is 69.8 Å². The van der Waals surface area contributed by atoms with Crippen LogP contribution in [0.2, 0.25) is 0 Å². The van der Waals surface area contributed by atoms with Crippen LogP contribution in [0.25, 0.3) is 0 Å². The Morgan fingerprint density at radius 2 is 0.929 bits per heavy atom. The van der Waals surface area contributed by atoms with Gasteiger partial charge in [0, 0.05) is 25.5 Å². The van der Waals surface area contributed by atoms with Crippen molar-refractivity contribution in [3.63, 3.8) is 0 Å². The summed E-state index contributed by atoms with van der Waals surface area (Å²) in [5, 5.41) is 8.93. The number of carbonyl (C=O) groups excluding carboxylic acids is 6. The Bertz CT molecular complexity index is 1730. The summed E-state index contributed by atoms with van der Waals surface area (Å²) in [6, 6.07) is 0. The lowest BCUT2D eigenvalue weighted by molar-refractivity contribution is 0.0684. The molecule has 2 aromatic rings. The van der Waals surface area contributed by atoms with Crippen molar-refractivity contribution in [2.24, 2.45) is 0 Å². The normalized spacial score (nSPS) is 10.5. The van der Waals surface area contributed by atoms with Gasteiger partial charge >= 0.3 is 35.8 Å². The molecule has 0 saturated heterocycles. The quantitative estimate of drug-likeness (QED) is 0.0574. The molecule has 2 heterocycles. The monoisotopic (exact) mass is 798 g/mol. The van der Waals surface area contributed by atoms with E-state index in [0.29, 0.717) is 25.9 Å². The number of nitrogens with one attached hydrogen (secondary N) is 6. The fourth-order valence-electron chi connectivity index (χ4n) is 4.33. The first-order valence-electron chi connectivity index (χ1n) is 17.5. The van der Waals surface area contributed by atoms with E-state index >= 15 is 0 Å². The summed E-state index contributed by atoms with van der Waals surface area (Å²) in [6.45, 7) is 3.56. The van der Waals surface area contributed by atoms with Crippen molar-refractivity contribution in [2.45, 2.75) is 52.6 Å². The van der Waals surface area contributed by atoms with Gasteiger partial charge in [0.15, 0.2) is 0 Å². The van der Waals surface area contributed by atoms with Gasteiger partial charge in [0.1, 0.15) is 24.3 Å². The molecule has 0 aliphatic rings. The van der Waals surface area contributed by atoms with E-state index in [2.05, 4.69) is 20.1 Å². The predicted octanol–water partition coefficient (Wildman–Crippen LogP) is -1.09. The highest BCUT2D eigenvalue weighted by atomic mass is 16.6. The predicted molar refractivity (Wildman–Crippen MR) is 190 cm³/mol. The molecule has 0 aliphatic heterocycles. The third kappa shape index (κ3) is 17.7. The Morgan fingerprint density at radius 1 is 0.536 bits per heavy atom. The number of hydrogen-bond donors (Lipinski definition) is 6. The average Bonchev–Trinajstić information content (AvgIpc) is 3.13. The van der Waals surface area contributed by atoms with Gasteiger partial charge in [-0.3, -0.25) is 48.9 Å². The maximum atomic E-state index is 12.1. The molecule has 0 fully saturated rings. The maximum absolute atomic E-state index is 12.1. The molecule has 24 heteroatoms. The summed E-state index contributed by atoms with van der Waals surface area (Å²) >= 11 is 0. The Kier molecular flexibility index (Phi) is 21.0. The second-order valence-electron chi connectivity index (χ2n) is 11.1. The summed E-state index contributed by atoms with van der Waals surface area (Å²) in [7, 11) is 0. The van der Waals surface area contributed by atoms with E-state index in [1.807, 2.05) is 20.6 Å². The van der Waals surface area contributed by atoms with E-state index in [9.17, 15) is 47.9 Å². The summed E-state index contributed by atoms with van der Waals surface area (Å²) in [5.74, 6) is -2.09. The zero-order valence-corrected chi connectivity index (χ0v) is 30.9. The van der Waals surface area contributed by atoms with Crippen LogP contribution >= 0.6 is 0 Å². The van der Waals surface area contributed by atoms with Gasteiger partial charge < -0.3 is 39.1 Å². The lowest BCUT2D eigenvalue weighted by atomic mass is 10.2. The SMILES string of the molecule is CCOC(=O)NC(=O)c1cn(CCOCCOC(=O)NCCCCCCNC(=O)OCCOCCn2cc(C(=O)NC(=O)OCC)c(=O)[nH]c2=O)c(=O)[nH]c1=O. The Balaban J connectivity index is 1.47. The Morgan fingerprint density at radius 3 is 1.30 bits per heavy atom. The minimum atomic E-state index is -1.04. The number of amides is 6. The van der Waals surface area contributed by atoms with Crippen LogP contribution in [-0.2, 0) is 41.5 Å². The topological polar surface area (TPSA) is 316 Å². The summed E-state index contributed by atoms with van der Waals surface area (Å²) in [6.07, 6.45) is 1.45. The van der Waals surface area contributed by atoms with E-state index in [4.69, 9.17) is 18.9 Å². The molecular weight excluding hydrogens is 752 g/mol. The second-order valence-corrected chi connectivity index (χ2v) is 11.1. The summed E-state index contributed by atoms with van der Waals surface area (Å²) in [5.41, 5.74) is -4.48. The number of alkyl carbamates (subject to hydrolysis) is 4. The van der Waals surface area contributed by atoms with Crippen LogP contribution in [-0.4, -0.2) is 121 Å². The molecule has 6 N–H and O–H groups in total.